The third-order valence-corrected chi connectivity index (χ3v) is 14.0. The zero-order valence-electron chi connectivity index (χ0n) is 32.2. The number of methoxy groups -OCH3 is 1. The lowest BCUT2D eigenvalue weighted by Gasteiger charge is -2.21. The highest BCUT2D eigenvalue weighted by Crippen LogP contribution is 2.50. The second kappa shape index (κ2) is 12.4. The Morgan fingerprint density at radius 1 is 0.288 bits per heavy atom. The molecule has 0 fully saturated rings. The fourth-order valence-corrected chi connectivity index (χ4v) is 11.4. The number of thiophene rings is 1. The van der Waals surface area contributed by atoms with Gasteiger partial charge in [0.05, 0.1) is 7.11 Å². The van der Waals surface area contributed by atoms with Gasteiger partial charge in [-0.3, -0.25) is 0 Å². The molecule has 0 saturated carbocycles. The van der Waals surface area contributed by atoms with E-state index in [1.165, 1.54) is 123 Å². The summed E-state index contributed by atoms with van der Waals surface area (Å²) in [7, 11) is 1.77. The number of rotatable bonds is 3. The van der Waals surface area contributed by atoms with Gasteiger partial charge in [-0.2, -0.15) is 0 Å². The minimum Gasteiger partial charge on any atom is -0.496 e. The maximum absolute atomic E-state index is 5.95. The second-order valence-corrected chi connectivity index (χ2v) is 17.0. The monoisotopic (exact) mass is 766 g/mol. The molecule has 0 radical (unpaired) electrons. The van der Waals surface area contributed by atoms with Crippen LogP contribution in [0.5, 0.6) is 5.75 Å². The number of fused-ring (bicyclic) bond motifs is 14. The van der Waals surface area contributed by atoms with E-state index >= 15 is 0 Å². The highest BCUT2D eigenvalue weighted by Gasteiger charge is 2.22. The van der Waals surface area contributed by atoms with Gasteiger partial charge in [-0.25, -0.2) is 0 Å². The second-order valence-electron chi connectivity index (χ2n) is 15.9. The van der Waals surface area contributed by atoms with Gasteiger partial charge >= 0.3 is 0 Å². The normalized spacial score (nSPS) is 12.2. The van der Waals surface area contributed by atoms with E-state index < -0.39 is 0 Å². The largest absolute Gasteiger partial charge is 0.496 e. The van der Waals surface area contributed by atoms with Crippen LogP contribution in [0.4, 0.5) is 0 Å². The highest BCUT2D eigenvalue weighted by molar-refractivity contribution is 7.26. The topological polar surface area (TPSA) is 9.23 Å². The first-order chi connectivity index (χ1) is 29.2. The summed E-state index contributed by atoms with van der Waals surface area (Å²) in [4.78, 5) is 0. The number of ether oxygens (including phenoxy) is 1. The zero-order valence-corrected chi connectivity index (χ0v) is 33.0. The van der Waals surface area contributed by atoms with Crippen LogP contribution in [-0.2, 0) is 0 Å². The highest BCUT2D eigenvalue weighted by atomic mass is 32.1. The van der Waals surface area contributed by atoms with Crippen LogP contribution in [0.2, 0.25) is 0 Å². The predicted molar refractivity (Wildman–Crippen MR) is 257 cm³/mol. The van der Waals surface area contributed by atoms with E-state index in [0.29, 0.717) is 0 Å². The van der Waals surface area contributed by atoms with Crippen LogP contribution >= 0.6 is 11.3 Å². The van der Waals surface area contributed by atoms with Crippen LogP contribution in [0.15, 0.2) is 188 Å². The van der Waals surface area contributed by atoms with Gasteiger partial charge in [0, 0.05) is 25.6 Å². The van der Waals surface area contributed by atoms with E-state index in [1.807, 2.05) is 11.3 Å². The van der Waals surface area contributed by atoms with Crippen molar-refractivity contribution in [3.63, 3.8) is 0 Å². The molecule has 0 amide bonds. The van der Waals surface area contributed by atoms with Gasteiger partial charge < -0.3 is 4.74 Å². The fraction of sp³-hybridized carbons (Fsp3) is 0.0175. The molecule has 1 aromatic heterocycles. The van der Waals surface area contributed by atoms with E-state index in [0.717, 1.165) is 11.1 Å². The predicted octanol–water partition coefficient (Wildman–Crippen LogP) is 16.6. The Morgan fingerprint density at radius 2 is 0.746 bits per heavy atom. The van der Waals surface area contributed by atoms with E-state index in [2.05, 4.69) is 188 Å². The molecule has 13 rings (SSSR count). The van der Waals surface area contributed by atoms with E-state index in [9.17, 15) is 0 Å². The van der Waals surface area contributed by atoms with Gasteiger partial charge in [-0.15, -0.1) is 11.3 Å². The molecule has 1 nitrogen and oxygen atoms in total. The average Bonchev–Trinajstić information content (AvgIpc) is 3.65. The lowest BCUT2D eigenvalue weighted by molar-refractivity contribution is 0.420. The summed E-state index contributed by atoms with van der Waals surface area (Å²) in [5.74, 6) is 0.888. The van der Waals surface area contributed by atoms with Gasteiger partial charge in [0.25, 0.3) is 0 Å². The third-order valence-electron chi connectivity index (χ3n) is 12.9. The molecule has 0 saturated heterocycles. The molecule has 59 heavy (non-hydrogen) atoms. The molecule has 0 aliphatic heterocycles. The Labute approximate surface area is 343 Å². The maximum atomic E-state index is 5.95. The zero-order chi connectivity index (χ0) is 38.8. The molecule has 274 valence electrons. The van der Waals surface area contributed by atoms with Crippen LogP contribution in [0.3, 0.4) is 0 Å². The molecular weight excluding hydrogens is 733 g/mol. The van der Waals surface area contributed by atoms with E-state index in [-0.39, 0.29) is 0 Å². The first-order valence-corrected chi connectivity index (χ1v) is 21.1. The van der Waals surface area contributed by atoms with Crippen molar-refractivity contribution in [2.24, 2.45) is 0 Å². The first kappa shape index (κ1) is 32.8. The SMILES string of the molecule is COc1cccc2c(-c3c4ccccc4c(-c4ccc5c(c4)sc4cc6c7ccccc7c7cc8ccccc8cc7c6cc45)c4ccccc34)c3ccccc3cc12. The number of benzene rings is 12. The van der Waals surface area contributed by atoms with Gasteiger partial charge in [0.15, 0.2) is 0 Å². The minimum absolute atomic E-state index is 0.888. The average molecular weight is 767 g/mol. The Hall–Kier alpha value is -7.26. The van der Waals surface area contributed by atoms with Crippen molar-refractivity contribution >= 4 is 118 Å². The van der Waals surface area contributed by atoms with Crippen molar-refractivity contribution in [2.75, 3.05) is 7.11 Å². The summed E-state index contributed by atoms with van der Waals surface area (Å²) in [6.07, 6.45) is 0. The Balaban J connectivity index is 1.09. The van der Waals surface area contributed by atoms with Gasteiger partial charge in [0.2, 0.25) is 0 Å². The Morgan fingerprint density at radius 3 is 1.41 bits per heavy atom. The molecule has 2 heteroatoms. The lowest BCUT2D eigenvalue weighted by atomic mass is 9.83. The van der Waals surface area contributed by atoms with Crippen LogP contribution in [-0.4, -0.2) is 7.11 Å². The summed E-state index contributed by atoms with van der Waals surface area (Å²) in [5.41, 5.74) is 5.02. The Kier molecular flexibility index (Phi) is 6.87. The fourth-order valence-electron chi connectivity index (χ4n) is 10.3. The van der Waals surface area contributed by atoms with Crippen LogP contribution in [0, 0.1) is 0 Å². The van der Waals surface area contributed by atoms with E-state index in [1.54, 1.807) is 7.11 Å². The first-order valence-electron chi connectivity index (χ1n) is 20.3. The summed E-state index contributed by atoms with van der Waals surface area (Å²) in [6.45, 7) is 0. The van der Waals surface area contributed by atoms with Crippen LogP contribution in [0.1, 0.15) is 0 Å². The summed E-state index contributed by atoms with van der Waals surface area (Å²) >= 11 is 1.91. The third kappa shape index (κ3) is 4.67. The van der Waals surface area contributed by atoms with Crippen molar-refractivity contribution < 1.29 is 4.74 Å². The molecule has 0 atom stereocenters. The molecule has 12 aromatic carbocycles. The van der Waals surface area contributed by atoms with Crippen molar-refractivity contribution in [3.8, 4) is 28.0 Å². The lowest BCUT2D eigenvalue weighted by Crippen LogP contribution is -1.93. The van der Waals surface area contributed by atoms with Gasteiger partial charge in [-0.05, 0) is 146 Å². The smallest absolute Gasteiger partial charge is 0.126 e. The van der Waals surface area contributed by atoms with Gasteiger partial charge in [-0.1, -0.05) is 146 Å². The van der Waals surface area contributed by atoms with Crippen molar-refractivity contribution in [2.45, 2.75) is 0 Å². The Bertz CT molecular complexity index is 3890. The standard InChI is InChI=1S/C57H34OS/c1-58-52-24-12-23-45-50(52)29-35-15-4-5-16-37(35)56(45)57-43-21-10-8-19-41(43)55(42-20-9-11-22-44(42)57)36-25-26-40-51-31-48-47-28-34-14-3-2-13-33(34)27-46(47)38-17-6-7-18-39(38)49(48)32-54(51)59-53(40)30-36/h2-32H,1H3. The molecular formula is C57H34OS. The summed E-state index contributed by atoms with van der Waals surface area (Å²) < 4.78 is 8.57. The van der Waals surface area contributed by atoms with Crippen LogP contribution < -0.4 is 4.74 Å². The molecule has 0 aliphatic carbocycles. The van der Waals surface area contributed by atoms with Gasteiger partial charge in [0.1, 0.15) is 5.75 Å². The number of hydrogen-bond acceptors (Lipinski definition) is 2. The molecule has 0 aliphatic rings. The van der Waals surface area contributed by atoms with Crippen molar-refractivity contribution in [3.05, 3.63) is 188 Å². The molecule has 0 unspecified atom stereocenters. The molecule has 1 heterocycles. The maximum Gasteiger partial charge on any atom is 0.126 e. The van der Waals surface area contributed by atoms with Crippen molar-refractivity contribution in [1.29, 1.82) is 0 Å². The minimum atomic E-state index is 0.888. The molecule has 0 N–H and O–H groups in total. The molecule has 0 spiro atoms. The quantitative estimate of drug-likeness (QED) is 0.129. The summed E-state index contributed by atoms with van der Waals surface area (Å²) in [5, 5.41) is 22.8. The summed E-state index contributed by atoms with van der Waals surface area (Å²) in [6, 6.07) is 70.1. The van der Waals surface area contributed by atoms with E-state index in [4.69, 9.17) is 4.74 Å². The van der Waals surface area contributed by atoms with Crippen LogP contribution in [0.25, 0.3) is 129 Å². The van der Waals surface area contributed by atoms with Crippen molar-refractivity contribution in [1.82, 2.24) is 0 Å². The molecule has 13 aromatic rings. The number of hydrogen-bond donors (Lipinski definition) is 0. The molecule has 0 bridgehead atoms.